The Morgan fingerprint density at radius 1 is 1.28 bits per heavy atom. The third kappa shape index (κ3) is 3.33. The van der Waals surface area contributed by atoms with Crippen LogP contribution in [0.5, 0.6) is 5.75 Å². The van der Waals surface area contributed by atoms with Gasteiger partial charge in [0.1, 0.15) is 11.4 Å². The van der Waals surface area contributed by atoms with Crippen molar-refractivity contribution in [3.63, 3.8) is 0 Å². The van der Waals surface area contributed by atoms with Crippen LogP contribution in [-0.2, 0) is 5.41 Å². The normalized spacial score (nSPS) is 15.1. The summed E-state index contributed by atoms with van der Waals surface area (Å²) in [6.45, 7) is 0.483. The van der Waals surface area contributed by atoms with Crippen LogP contribution in [0.1, 0.15) is 45.7 Å². The molecular formula is C19H20N2O4. The summed E-state index contributed by atoms with van der Waals surface area (Å²) < 4.78 is 5.47. The summed E-state index contributed by atoms with van der Waals surface area (Å²) in [5, 5.41) is 11.9. The fourth-order valence-corrected chi connectivity index (χ4v) is 3.27. The summed E-state index contributed by atoms with van der Waals surface area (Å²) in [4.78, 5) is 27.2. The number of nitrogens with one attached hydrogen (secondary N) is 1. The standard InChI is InChI=1S/C19H20N2O4/c1-25-16-6-3-2-5-14(16)19(8-4-9-19)12-21-17(22)13-7-10-20-15(11-13)18(23)24/h2-3,5-7,10-11H,4,8-9,12H2,1H3,(H,21,22)(H,23,24). The summed E-state index contributed by atoms with van der Waals surface area (Å²) in [5.41, 5.74) is 1.12. The number of pyridine rings is 1. The first-order valence-electron chi connectivity index (χ1n) is 8.17. The lowest BCUT2D eigenvalue weighted by Gasteiger charge is -2.43. The van der Waals surface area contributed by atoms with Crippen molar-refractivity contribution in [3.05, 3.63) is 59.4 Å². The average Bonchev–Trinajstić information content (AvgIpc) is 2.61. The molecule has 1 aromatic carbocycles. The van der Waals surface area contributed by atoms with Crippen molar-refractivity contribution in [2.45, 2.75) is 24.7 Å². The van der Waals surface area contributed by atoms with E-state index in [1.807, 2.05) is 24.3 Å². The Hall–Kier alpha value is -2.89. The molecule has 0 bridgehead atoms. The number of hydrogen-bond donors (Lipinski definition) is 2. The number of ether oxygens (including phenoxy) is 1. The minimum Gasteiger partial charge on any atom is -0.496 e. The van der Waals surface area contributed by atoms with Gasteiger partial charge in [0, 0.05) is 29.3 Å². The molecule has 1 amide bonds. The molecule has 0 atom stereocenters. The molecule has 0 radical (unpaired) electrons. The number of hydrogen-bond acceptors (Lipinski definition) is 4. The maximum absolute atomic E-state index is 12.4. The van der Waals surface area contributed by atoms with Gasteiger partial charge in [-0.1, -0.05) is 24.6 Å². The van der Waals surface area contributed by atoms with Crippen molar-refractivity contribution in [1.29, 1.82) is 0 Å². The smallest absolute Gasteiger partial charge is 0.354 e. The second-order valence-corrected chi connectivity index (χ2v) is 6.25. The molecule has 1 aliphatic carbocycles. The SMILES string of the molecule is COc1ccccc1C1(CNC(=O)c2ccnc(C(=O)O)c2)CCC1. The first-order chi connectivity index (χ1) is 12.1. The van der Waals surface area contributed by atoms with Gasteiger partial charge in [0.05, 0.1) is 7.11 Å². The molecule has 0 aliphatic heterocycles. The van der Waals surface area contributed by atoms with Crippen LogP contribution in [0, 0.1) is 0 Å². The lowest BCUT2D eigenvalue weighted by atomic mass is 9.64. The number of aromatic carboxylic acids is 1. The fraction of sp³-hybridized carbons (Fsp3) is 0.316. The zero-order valence-corrected chi connectivity index (χ0v) is 14.0. The second kappa shape index (κ2) is 6.93. The molecule has 1 fully saturated rings. The highest BCUT2D eigenvalue weighted by Gasteiger charge is 2.40. The zero-order chi connectivity index (χ0) is 17.9. The Labute approximate surface area is 145 Å². The highest BCUT2D eigenvalue weighted by atomic mass is 16.5. The molecule has 1 saturated carbocycles. The van der Waals surface area contributed by atoms with Gasteiger partial charge >= 0.3 is 5.97 Å². The predicted molar refractivity (Wildman–Crippen MR) is 92.1 cm³/mol. The van der Waals surface area contributed by atoms with E-state index in [9.17, 15) is 9.59 Å². The zero-order valence-electron chi connectivity index (χ0n) is 14.0. The molecule has 25 heavy (non-hydrogen) atoms. The van der Waals surface area contributed by atoms with Crippen molar-refractivity contribution in [2.75, 3.05) is 13.7 Å². The quantitative estimate of drug-likeness (QED) is 0.844. The molecule has 1 aliphatic rings. The van der Waals surface area contributed by atoms with Crippen LogP contribution in [0.15, 0.2) is 42.6 Å². The third-order valence-electron chi connectivity index (χ3n) is 4.82. The van der Waals surface area contributed by atoms with E-state index in [2.05, 4.69) is 10.3 Å². The van der Waals surface area contributed by atoms with E-state index >= 15 is 0 Å². The van der Waals surface area contributed by atoms with Gasteiger partial charge < -0.3 is 15.2 Å². The number of carbonyl (C=O) groups excluding carboxylic acids is 1. The lowest BCUT2D eigenvalue weighted by Crippen LogP contribution is -2.45. The number of methoxy groups -OCH3 is 1. The highest BCUT2D eigenvalue weighted by Crippen LogP contribution is 2.46. The van der Waals surface area contributed by atoms with Crippen molar-refractivity contribution in [3.8, 4) is 5.75 Å². The van der Waals surface area contributed by atoms with Crippen molar-refractivity contribution >= 4 is 11.9 Å². The number of carbonyl (C=O) groups is 2. The minimum atomic E-state index is -1.15. The molecule has 2 N–H and O–H groups in total. The minimum absolute atomic E-state index is 0.134. The molecule has 0 unspecified atom stereocenters. The molecule has 0 saturated heterocycles. The van der Waals surface area contributed by atoms with Gasteiger partial charge in [-0.3, -0.25) is 4.79 Å². The summed E-state index contributed by atoms with van der Waals surface area (Å²) >= 11 is 0. The Kier molecular flexibility index (Phi) is 4.70. The summed E-state index contributed by atoms with van der Waals surface area (Å²) in [7, 11) is 1.65. The largest absolute Gasteiger partial charge is 0.496 e. The highest BCUT2D eigenvalue weighted by molar-refractivity contribution is 5.96. The summed E-state index contributed by atoms with van der Waals surface area (Å²) in [5.74, 6) is -0.626. The van der Waals surface area contributed by atoms with Crippen LogP contribution in [0.4, 0.5) is 0 Å². The van der Waals surface area contributed by atoms with E-state index in [0.29, 0.717) is 12.1 Å². The second-order valence-electron chi connectivity index (χ2n) is 6.25. The predicted octanol–water partition coefficient (Wildman–Crippen LogP) is 2.64. The van der Waals surface area contributed by atoms with E-state index in [1.54, 1.807) is 7.11 Å². The fourth-order valence-electron chi connectivity index (χ4n) is 3.27. The Morgan fingerprint density at radius 2 is 2.04 bits per heavy atom. The van der Waals surface area contributed by atoms with Crippen molar-refractivity contribution < 1.29 is 19.4 Å². The Balaban J connectivity index is 1.76. The number of carboxylic acids is 1. The van der Waals surface area contributed by atoms with Crippen LogP contribution in [0.2, 0.25) is 0 Å². The molecule has 1 heterocycles. The van der Waals surface area contributed by atoms with Crippen LogP contribution in [-0.4, -0.2) is 35.6 Å². The monoisotopic (exact) mass is 340 g/mol. The van der Waals surface area contributed by atoms with Gasteiger partial charge in [-0.2, -0.15) is 0 Å². The molecular weight excluding hydrogens is 320 g/mol. The van der Waals surface area contributed by atoms with Gasteiger partial charge in [0.25, 0.3) is 5.91 Å². The van der Waals surface area contributed by atoms with E-state index in [-0.39, 0.29) is 17.0 Å². The number of carboxylic acid groups (broad SMARTS) is 1. The number of amides is 1. The lowest BCUT2D eigenvalue weighted by molar-refractivity contribution is 0.0690. The van der Waals surface area contributed by atoms with Crippen LogP contribution >= 0.6 is 0 Å². The molecule has 6 heteroatoms. The van der Waals surface area contributed by atoms with E-state index in [1.165, 1.54) is 18.3 Å². The van der Waals surface area contributed by atoms with Crippen LogP contribution < -0.4 is 10.1 Å². The maximum atomic E-state index is 12.4. The van der Waals surface area contributed by atoms with Gasteiger partial charge in [-0.05, 0) is 31.0 Å². The molecule has 0 spiro atoms. The number of nitrogens with zero attached hydrogens (tertiary/aromatic N) is 1. The number of rotatable bonds is 6. The third-order valence-corrected chi connectivity index (χ3v) is 4.82. The number of aromatic nitrogens is 1. The topological polar surface area (TPSA) is 88.5 Å². The summed E-state index contributed by atoms with van der Waals surface area (Å²) in [6, 6.07) is 10.7. The van der Waals surface area contributed by atoms with Crippen molar-refractivity contribution in [2.24, 2.45) is 0 Å². The van der Waals surface area contributed by atoms with E-state index < -0.39 is 5.97 Å². The first-order valence-corrected chi connectivity index (χ1v) is 8.17. The molecule has 130 valence electrons. The molecule has 2 aromatic rings. The van der Waals surface area contributed by atoms with E-state index in [0.717, 1.165) is 30.6 Å². The maximum Gasteiger partial charge on any atom is 0.354 e. The molecule has 1 aromatic heterocycles. The van der Waals surface area contributed by atoms with Gasteiger partial charge in [0.2, 0.25) is 0 Å². The Bertz CT molecular complexity index is 800. The van der Waals surface area contributed by atoms with Crippen molar-refractivity contribution in [1.82, 2.24) is 10.3 Å². The molecule has 3 rings (SSSR count). The van der Waals surface area contributed by atoms with Crippen LogP contribution in [0.3, 0.4) is 0 Å². The summed E-state index contributed by atoms with van der Waals surface area (Å²) in [6.07, 6.45) is 4.39. The first kappa shape index (κ1) is 17.0. The Morgan fingerprint density at radius 3 is 2.68 bits per heavy atom. The van der Waals surface area contributed by atoms with E-state index in [4.69, 9.17) is 9.84 Å². The molecule has 6 nitrogen and oxygen atoms in total. The van der Waals surface area contributed by atoms with Gasteiger partial charge in [0.15, 0.2) is 0 Å². The number of benzene rings is 1. The van der Waals surface area contributed by atoms with Gasteiger partial charge in [-0.15, -0.1) is 0 Å². The van der Waals surface area contributed by atoms with Crippen LogP contribution in [0.25, 0.3) is 0 Å². The average molecular weight is 340 g/mol. The number of para-hydroxylation sites is 1. The van der Waals surface area contributed by atoms with Gasteiger partial charge in [-0.25, -0.2) is 9.78 Å².